The first-order valence-corrected chi connectivity index (χ1v) is 16.1. The fourth-order valence-corrected chi connectivity index (χ4v) is 4.36. The lowest BCUT2D eigenvalue weighted by molar-refractivity contribution is -0.138. The number of carbonyl (C=O) groups is 3. The van der Waals surface area contributed by atoms with Crippen molar-refractivity contribution in [1.82, 2.24) is 0 Å². The quantitative estimate of drug-likeness (QED) is 0.0701. The van der Waals surface area contributed by atoms with Crippen LogP contribution in [0.25, 0.3) is 12.2 Å². The fourth-order valence-electron chi connectivity index (χ4n) is 4.36. The zero-order chi connectivity index (χ0) is 33.7. The molecule has 2 unspecified atom stereocenters. The molecule has 7 heteroatoms. The van der Waals surface area contributed by atoms with Gasteiger partial charge in [0.05, 0.1) is 13.2 Å². The molecule has 0 saturated heterocycles. The lowest BCUT2D eigenvalue weighted by Gasteiger charge is -2.10. The second-order valence-electron chi connectivity index (χ2n) is 12.0. The summed E-state index contributed by atoms with van der Waals surface area (Å²) in [5.74, 6) is 0.392. The van der Waals surface area contributed by atoms with Gasteiger partial charge < -0.3 is 18.9 Å². The molecule has 46 heavy (non-hydrogen) atoms. The average Bonchev–Trinajstić information content (AvgIpc) is 3.00. The number of esters is 2. The van der Waals surface area contributed by atoms with E-state index in [9.17, 15) is 14.4 Å². The molecule has 2 aromatic carbocycles. The van der Waals surface area contributed by atoms with E-state index in [2.05, 4.69) is 53.7 Å². The van der Waals surface area contributed by atoms with Crippen LogP contribution in [0.1, 0.15) is 91.2 Å². The molecule has 0 fully saturated rings. The Labute approximate surface area is 275 Å². The molecule has 0 saturated carbocycles. The summed E-state index contributed by atoms with van der Waals surface area (Å²) in [5.41, 5.74) is 3.63. The molecule has 0 aromatic heterocycles. The van der Waals surface area contributed by atoms with Gasteiger partial charge in [0.25, 0.3) is 0 Å². The minimum Gasteiger partial charge on any atom is -0.463 e. The van der Waals surface area contributed by atoms with Gasteiger partial charge in [-0.2, -0.15) is 0 Å². The summed E-state index contributed by atoms with van der Waals surface area (Å²) in [6, 6.07) is 13.6. The largest absolute Gasteiger partial charge is 0.519 e. The molecular formula is C39H50O7. The molecule has 2 atom stereocenters. The van der Waals surface area contributed by atoms with Gasteiger partial charge >= 0.3 is 18.1 Å². The van der Waals surface area contributed by atoms with Crippen molar-refractivity contribution in [3.63, 3.8) is 0 Å². The van der Waals surface area contributed by atoms with Gasteiger partial charge in [0.2, 0.25) is 0 Å². The van der Waals surface area contributed by atoms with Crippen LogP contribution in [0.2, 0.25) is 0 Å². The molecule has 0 radical (unpaired) electrons. The van der Waals surface area contributed by atoms with Gasteiger partial charge in [-0.1, -0.05) is 73.5 Å². The third-order valence-electron chi connectivity index (χ3n) is 7.16. The molecular weight excluding hydrogens is 580 g/mol. The topological polar surface area (TPSA) is 88.1 Å². The number of hydrogen-bond acceptors (Lipinski definition) is 7. The molecule has 0 bridgehead atoms. The molecule has 0 N–H and O–H groups in total. The summed E-state index contributed by atoms with van der Waals surface area (Å²) in [6.45, 7) is 13.3. The van der Waals surface area contributed by atoms with E-state index in [1.165, 1.54) is 35.5 Å². The molecule has 0 amide bonds. The number of benzene rings is 2. The monoisotopic (exact) mass is 630 g/mol. The normalized spacial score (nSPS) is 12.3. The highest BCUT2D eigenvalue weighted by molar-refractivity contribution is 5.88. The van der Waals surface area contributed by atoms with E-state index in [-0.39, 0.29) is 11.5 Å². The van der Waals surface area contributed by atoms with Crippen LogP contribution in [0.4, 0.5) is 4.79 Å². The Morgan fingerprint density at radius 1 is 0.609 bits per heavy atom. The van der Waals surface area contributed by atoms with Gasteiger partial charge in [-0.3, -0.25) is 0 Å². The Hall–Kier alpha value is -4.39. The van der Waals surface area contributed by atoms with Crippen LogP contribution in [0.5, 0.6) is 11.5 Å². The molecule has 0 aliphatic heterocycles. The van der Waals surface area contributed by atoms with Crippen LogP contribution in [0.15, 0.2) is 84.0 Å². The summed E-state index contributed by atoms with van der Waals surface area (Å²) in [5, 5.41) is 0. The Kier molecular flexibility index (Phi) is 17.6. The van der Waals surface area contributed by atoms with E-state index in [0.717, 1.165) is 38.5 Å². The van der Waals surface area contributed by atoms with Gasteiger partial charge in [0.1, 0.15) is 11.5 Å². The maximum absolute atomic E-state index is 12.7. The SMILES string of the molecule is CC(C)=CCCC(C)CCOC(=O)C=Cc1ccccc1OC(=O)Oc1ccccc1C=CC(=O)OCCC(C)CCC=C(C)C. The highest BCUT2D eigenvalue weighted by Crippen LogP contribution is 2.24. The maximum atomic E-state index is 12.7. The van der Waals surface area contributed by atoms with Crippen molar-refractivity contribution in [1.29, 1.82) is 0 Å². The summed E-state index contributed by atoms with van der Waals surface area (Å²) >= 11 is 0. The summed E-state index contributed by atoms with van der Waals surface area (Å²) < 4.78 is 21.6. The second kappa shape index (κ2) is 21.4. The first-order valence-electron chi connectivity index (χ1n) is 16.1. The van der Waals surface area contributed by atoms with E-state index >= 15 is 0 Å². The molecule has 0 spiro atoms. The van der Waals surface area contributed by atoms with Crippen LogP contribution < -0.4 is 9.47 Å². The van der Waals surface area contributed by atoms with Crippen LogP contribution in [0, 0.1) is 11.8 Å². The standard InChI is InChI=1S/C39H50O7/c1-29(2)13-11-15-31(5)25-27-43-37(40)23-21-33-17-7-9-19-35(33)45-39(42)46-36-20-10-8-18-34(36)22-24-38(41)44-28-26-32(6)16-12-14-30(3)4/h7-10,13-14,17-24,31-32H,11-12,15-16,25-28H2,1-6H3. The third-order valence-corrected chi connectivity index (χ3v) is 7.16. The molecule has 0 aliphatic rings. The number of para-hydroxylation sites is 2. The maximum Gasteiger partial charge on any atom is 0.519 e. The minimum absolute atomic E-state index is 0.219. The van der Waals surface area contributed by atoms with Gasteiger partial charge in [-0.05, 0) is 102 Å². The molecule has 248 valence electrons. The zero-order valence-electron chi connectivity index (χ0n) is 28.3. The van der Waals surface area contributed by atoms with Gasteiger partial charge in [0, 0.05) is 23.3 Å². The molecule has 0 aliphatic carbocycles. The van der Waals surface area contributed by atoms with Crippen molar-refractivity contribution in [3.8, 4) is 11.5 Å². The van der Waals surface area contributed by atoms with Crippen LogP contribution in [-0.4, -0.2) is 31.3 Å². The van der Waals surface area contributed by atoms with Crippen molar-refractivity contribution >= 4 is 30.2 Å². The first kappa shape index (κ1) is 37.8. The van der Waals surface area contributed by atoms with E-state index in [4.69, 9.17) is 18.9 Å². The smallest absolute Gasteiger partial charge is 0.463 e. The average molecular weight is 631 g/mol. The molecule has 7 nitrogen and oxygen atoms in total. The number of hydrogen-bond donors (Lipinski definition) is 0. The molecule has 2 aromatic rings. The van der Waals surface area contributed by atoms with Crippen LogP contribution in [0.3, 0.4) is 0 Å². The van der Waals surface area contributed by atoms with Gasteiger partial charge in [0.15, 0.2) is 0 Å². The zero-order valence-corrected chi connectivity index (χ0v) is 28.3. The van der Waals surface area contributed by atoms with Gasteiger partial charge in [-0.15, -0.1) is 0 Å². The van der Waals surface area contributed by atoms with Crippen molar-refractivity contribution in [2.75, 3.05) is 13.2 Å². The predicted octanol–water partition coefficient (Wildman–Crippen LogP) is 9.92. The number of ether oxygens (including phenoxy) is 4. The predicted molar refractivity (Wildman–Crippen MR) is 184 cm³/mol. The summed E-state index contributed by atoms with van der Waals surface area (Å²) in [6.07, 6.45) is 14.9. The number of allylic oxidation sites excluding steroid dienone is 4. The van der Waals surface area contributed by atoms with Crippen molar-refractivity contribution < 1.29 is 33.3 Å². The fraction of sp³-hybridized carbons (Fsp3) is 0.410. The Bertz CT molecular complexity index is 1270. The van der Waals surface area contributed by atoms with E-state index in [0.29, 0.717) is 36.2 Å². The van der Waals surface area contributed by atoms with Crippen molar-refractivity contribution in [3.05, 3.63) is 95.1 Å². The van der Waals surface area contributed by atoms with Crippen molar-refractivity contribution in [2.45, 2.75) is 80.1 Å². The van der Waals surface area contributed by atoms with Crippen LogP contribution in [-0.2, 0) is 19.1 Å². The lowest BCUT2D eigenvalue weighted by atomic mass is 10.0. The van der Waals surface area contributed by atoms with Crippen molar-refractivity contribution in [2.24, 2.45) is 11.8 Å². The number of rotatable bonds is 18. The Balaban J connectivity index is 1.87. The third kappa shape index (κ3) is 16.6. The summed E-state index contributed by atoms with van der Waals surface area (Å²) in [4.78, 5) is 37.3. The Morgan fingerprint density at radius 3 is 1.39 bits per heavy atom. The lowest BCUT2D eigenvalue weighted by Crippen LogP contribution is -2.15. The summed E-state index contributed by atoms with van der Waals surface area (Å²) in [7, 11) is 0. The highest BCUT2D eigenvalue weighted by atomic mass is 16.7. The Morgan fingerprint density at radius 2 is 1.00 bits per heavy atom. The van der Waals surface area contributed by atoms with E-state index in [1.807, 2.05) is 0 Å². The van der Waals surface area contributed by atoms with E-state index < -0.39 is 18.1 Å². The number of carbonyl (C=O) groups excluding carboxylic acids is 3. The molecule has 0 heterocycles. The van der Waals surface area contributed by atoms with Crippen LogP contribution >= 0.6 is 0 Å². The first-order chi connectivity index (χ1) is 22.0. The highest BCUT2D eigenvalue weighted by Gasteiger charge is 2.13. The second-order valence-corrected chi connectivity index (χ2v) is 12.0. The van der Waals surface area contributed by atoms with Gasteiger partial charge in [-0.25, -0.2) is 14.4 Å². The van der Waals surface area contributed by atoms with E-state index in [1.54, 1.807) is 48.5 Å². The minimum atomic E-state index is -0.962. The molecule has 2 rings (SSSR count).